The van der Waals surface area contributed by atoms with Gasteiger partial charge in [0, 0.05) is 26.6 Å². The molecule has 1 nitrogen and oxygen atoms in total. The summed E-state index contributed by atoms with van der Waals surface area (Å²) in [5.41, 5.74) is 6.62. The van der Waals surface area contributed by atoms with E-state index in [2.05, 4.69) is 0 Å². The summed E-state index contributed by atoms with van der Waals surface area (Å²) in [4.78, 5) is 0. The van der Waals surface area contributed by atoms with Crippen LogP contribution >= 0.6 is 0 Å². The molecule has 0 heterocycles. The molecule has 4 aliphatic rings. The molecule has 2 heteroatoms. The average Bonchev–Trinajstić information content (AvgIpc) is 1.79. The van der Waals surface area contributed by atoms with Crippen LogP contribution in [0.3, 0.4) is 0 Å². The molecule has 0 spiro atoms. The second-order valence-corrected chi connectivity index (χ2v) is 5.28. The van der Waals surface area contributed by atoms with Crippen molar-refractivity contribution in [2.75, 3.05) is 0 Å². The molecule has 0 saturated heterocycles. The van der Waals surface area contributed by atoms with E-state index in [9.17, 15) is 0 Å². The van der Waals surface area contributed by atoms with E-state index in [1.54, 1.807) is 0 Å². The fourth-order valence-corrected chi connectivity index (χ4v) is 4.18. The number of nitrogens with two attached hydrogens (primary N) is 1. The first-order valence-electron chi connectivity index (χ1n) is 5.02. The maximum absolute atomic E-state index is 6.32. The van der Waals surface area contributed by atoms with Gasteiger partial charge in [0.2, 0.25) is 0 Å². The minimum Gasteiger partial charge on any atom is -0.325 e. The predicted molar refractivity (Wildman–Crippen MR) is 45.1 cm³/mol. The molecule has 0 aromatic rings. The first-order chi connectivity index (χ1) is 5.23. The summed E-state index contributed by atoms with van der Waals surface area (Å²) in [6.07, 6.45) is 8.57. The van der Waals surface area contributed by atoms with Gasteiger partial charge in [-0.2, -0.15) is 0 Å². The van der Waals surface area contributed by atoms with Gasteiger partial charge < -0.3 is 5.73 Å². The summed E-state index contributed by atoms with van der Waals surface area (Å²) >= 11 is 0. The summed E-state index contributed by atoms with van der Waals surface area (Å²) in [6, 6.07) is 0. The second-order valence-electron chi connectivity index (χ2n) is 5.28. The van der Waals surface area contributed by atoms with Crippen LogP contribution in [0.15, 0.2) is 0 Å². The summed E-state index contributed by atoms with van der Waals surface area (Å²) in [7, 11) is 0. The van der Waals surface area contributed by atoms with Crippen molar-refractivity contribution >= 4 is 0 Å². The van der Waals surface area contributed by atoms with Crippen LogP contribution in [-0.4, -0.2) is 5.54 Å². The van der Waals surface area contributed by atoms with Gasteiger partial charge in [0.05, 0.1) is 0 Å². The van der Waals surface area contributed by atoms with E-state index < -0.39 is 0 Å². The van der Waals surface area contributed by atoms with Crippen LogP contribution in [0.5, 0.6) is 0 Å². The predicted octanol–water partition coefficient (Wildman–Crippen LogP) is 1.91. The largest absolute Gasteiger partial charge is 0.325 e. The molecule has 0 unspecified atom stereocenters. The molecule has 4 saturated carbocycles. The zero-order chi connectivity index (χ0) is 7.47. The second kappa shape index (κ2) is 2.82. The van der Waals surface area contributed by atoms with Gasteiger partial charge in [-0.15, -0.1) is 0 Å². The van der Waals surface area contributed by atoms with Crippen LogP contribution in [-0.2, 0) is 21.1 Å². The summed E-state index contributed by atoms with van der Waals surface area (Å²) in [5.74, 6) is 3.06. The standard InChI is InChI=1S/C10H17N.Pt/c11-10-4-7-1-8(5-10)3-9(2-7)6-10;/h7-9H,1-6,11H2;. The van der Waals surface area contributed by atoms with Crippen molar-refractivity contribution in [3.63, 3.8) is 0 Å². The SMILES string of the molecule is NC12CC3CC(CC(C3)C1)C2.[Pt]. The van der Waals surface area contributed by atoms with Crippen molar-refractivity contribution in [2.45, 2.75) is 44.1 Å². The third-order valence-electron chi connectivity index (χ3n) is 4.09. The first kappa shape index (κ1) is 9.21. The van der Waals surface area contributed by atoms with Gasteiger partial charge in [0.25, 0.3) is 0 Å². The first-order valence-corrected chi connectivity index (χ1v) is 5.02. The van der Waals surface area contributed by atoms with Gasteiger partial charge in [-0.1, -0.05) is 0 Å². The molecule has 0 aromatic carbocycles. The maximum atomic E-state index is 6.32. The Morgan fingerprint density at radius 2 is 1.17 bits per heavy atom. The Bertz CT molecular complexity index is 155. The van der Waals surface area contributed by atoms with Crippen molar-refractivity contribution in [3.8, 4) is 0 Å². The van der Waals surface area contributed by atoms with Crippen LogP contribution in [0, 0.1) is 17.8 Å². The summed E-state index contributed by atoms with van der Waals surface area (Å²) < 4.78 is 0. The van der Waals surface area contributed by atoms with Gasteiger partial charge in [0.1, 0.15) is 0 Å². The quantitative estimate of drug-likeness (QED) is 0.713. The van der Waals surface area contributed by atoms with Crippen LogP contribution in [0.1, 0.15) is 38.5 Å². The Kier molecular flexibility index (Phi) is 2.16. The minimum absolute atomic E-state index is 0. The van der Waals surface area contributed by atoms with E-state index in [1.807, 2.05) is 0 Å². The Morgan fingerprint density at radius 1 is 0.833 bits per heavy atom. The molecule has 0 atom stereocenters. The third-order valence-corrected chi connectivity index (χ3v) is 4.09. The molecule has 4 rings (SSSR count). The third kappa shape index (κ3) is 1.30. The van der Waals surface area contributed by atoms with Gasteiger partial charge in [-0.3, -0.25) is 0 Å². The molecule has 0 aliphatic heterocycles. The molecule has 2 N–H and O–H groups in total. The van der Waals surface area contributed by atoms with Gasteiger partial charge in [-0.05, 0) is 56.3 Å². The van der Waals surface area contributed by atoms with Crippen molar-refractivity contribution in [3.05, 3.63) is 0 Å². The van der Waals surface area contributed by atoms with Crippen molar-refractivity contribution in [2.24, 2.45) is 23.5 Å². The maximum Gasteiger partial charge on any atom is 0.0162 e. The molecule has 4 fully saturated rings. The Hall–Kier alpha value is 0.648. The Balaban J connectivity index is 0.000000563. The van der Waals surface area contributed by atoms with Crippen LogP contribution in [0.25, 0.3) is 0 Å². The van der Waals surface area contributed by atoms with E-state index in [1.165, 1.54) is 38.5 Å². The van der Waals surface area contributed by atoms with Crippen molar-refractivity contribution in [1.29, 1.82) is 0 Å². The zero-order valence-corrected chi connectivity index (χ0v) is 9.64. The van der Waals surface area contributed by atoms with Crippen LogP contribution < -0.4 is 5.73 Å². The van der Waals surface area contributed by atoms with Gasteiger partial charge >= 0.3 is 0 Å². The molecule has 72 valence electrons. The smallest absolute Gasteiger partial charge is 0.0162 e. The number of rotatable bonds is 0. The number of hydrogen-bond acceptors (Lipinski definition) is 1. The zero-order valence-electron chi connectivity index (χ0n) is 7.37. The normalized spacial score (nSPS) is 55.2. The monoisotopic (exact) mass is 346 g/mol. The van der Waals surface area contributed by atoms with E-state index in [0.717, 1.165) is 17.8 Å². The average molecular weight is 346 g/mol. The van der Waals surface area contributed by atoms with Crippen LogP contribution in [0.2, 0.25) is 0 Å². The summed E-state index contributed by atoms with van der Waals surface area (Å²) in [6.45, 7) is 0. The molecular formula is C10H17NPt. The molecule has 0 amide bonds. The molecule has 4 bridgehead atoms. The van der Waals surface area contributed by atoms with E-state index in [4.69, 9.17) is 5.73 Å². The van der Waals surface area contributed by atoms with Gasteiger partial charge in [0.15, 0.2) is 0 Å². The molecule has 0 radical (unpaired) electrons. The molecule has 4 aliphatic carbocycles. The Labute approximate surface area is 88.7 Å². The fourth-order valence-electron chi connectivity index (χ4n) is 4.18. The topological polar surface area (TPSA) is 26.0 Å². The van der Waals surface area contributed by atoms with E-state index >= 15 is 0 Å². The fraction of sp³-hybridized carbons (Fsp3) is 1.00. The number of hydrogen-bond donors (Lipinski definition) is 1. The molecule has 12 heavy (non-hydrogen) atoms. The Morgan fingerprint density at radius 3 is 1.42 bits per heavy atom. The van der Waals surface area contributed by atoms with Crippen molar-refractivity contribution < 1.29 is 21.1 Å². The molecular weight excluding hydrogens is 329 g/mol. The van der Waals surface area contributed by atoms with E-state index in [-0.39, 0.29) is 21.1 Å². The van der Waals surface area contributed by atoms with E-state index in [0.29, 0.717) is 5.54 Å². The molecule has 0 aromatic heterocycles. The minimum atomic E-state index is 0. The summed E-state index contributed by atoms with van der Waals surface area (Å²) in [5, 5.41) is 0. The van der Waals surface area contributed by atoms with Crippen molar-refractivity contribution in [1.82, 2.24) is 0 Å². The van der Waals surface area contributed by atoms with Gasteiger partial charge in [-0.25, -0.2) is 0 Å². The van der Waals surface area contributed by atoms with Crippen LogP contribution in [0.4, 0.5) is 0 Å².